The number of anilines is 1. The van der Waals surface area contributed by atoms with Crippen LogP contribution in [-0.4, -0.2) is 20.8 Å². The van der Waals surface area contributed by atoms with Crippen molar-refractivity contribution in [2.45, 2.75) is 0 Å². The number of amides is 1. The molecule has 35 heavy (non-hydrogen) atoms. The number of carbonyl (C=O) groups excluding carboxylic acids is 1. The minimum atomic E-state index is -0.457. The molecule has 0 spiro atoms. The highest BCUT2D eigenvalue weighted by Gasteiger charge is 2.17. The van der Waals surface area contributed by atoms with Crippen LogP contribution in [0.25, 0.3) is 33.4 Å². The van der Waals surface area contributed by atoms with E-state index in [1.54, 1.807) is 41.8 Å². The third-order valence-corrected chi connectivity index (χ3v) is 6.77. The van der Waals surface area contributed by atoms with Gasteiger partial charge in [0.2, 0.25) is 0 Å². The first-order valence-corrected chi connectivity index (χ1v) is 11.9. The summed E-state index contributed by atoms with van der Waals surface area (Å²) in [6.07, 6.45) is 0. The molecular formula is C25H14Cl2N4O3S. The highest BCUT2D eigenvalue weighted by atomic mass is 35.5. The predicted octanol–water partition coefficient (Wildman–Crippen LogP) is 7.49. The normalized spacial score (nSPS) is 10.9. The van der Waals surface area contributed by atoms with E-state index in [0.29, 0.717) is 48.6 Å². The summed E-state index contributed by atoms with van der Waals surface area (Å²) in [4.78, 5) is 32.9. The minimum Gasteiger partial charge on any atom is -0.298 e. The molecule has 3 aromatic carbocycles. The van der Waals surface area contributed by atoms with E-state index in [0.717, 1.165) is 5.56 Å². The topological polar surface area (TPSA) is 98.0 Å². The van der Waals surface area contributed by atoms with Crippen LogP contribution in [0.5, 0.6) is 0 Å². The number of fused-ring (bicyclic) bond motifs is 1. The number of aromatic nitrogens is 2. The van der Waals surface area contributed by atoms with E-state index < -0.39 is 4.92 Å². The first-order chi connectivity index (χ1) is 16.9. The second-order valence-electron chi connectivity index (χ2n) is 7.50. The summed E-state index contributed by atoms with van der Waals surface area (Å²) in [7, 11) is 0. The van der Waals surface area contributed by atoms with E-state index in [4.69, 9.17) is 23.2 Å². The largest absolute Gasteiger partial charge is 0.298 e. The molecule has 0 saturated carbocycles. The maximum atomic E-state index is 13.3. The monoisotopic (exact) mass is 520 g/mol. The van der Waals surface area contributed by atoms with E-state index in [-0.39, 0.29) is 11.6 Å². The number of nitro groups is 1. The van der Waals surface area contributed by atoms with Gasteiger partial charge in [-0.2, -0.15) is 0 Å². The molecule has 172 valence electrons. The van der Waals surface area contributed by atoms with E-state index in [1.807, 2.05) is 24.3 Å². The van der Waals surface area contributed by atoms with Crippen LogP contribution >= 0.6 is 34.5 Å². The molecule has 1 N–H and O–H groups in total. The Bertz CT molecular complexity index is 1600. The molecule has 1 amide bonds. The summed E-state index contributed by atoms with van der Waals surface area (Å²) in [6.45, 7) is 0. The predicted molar refractivity (Wildman–Crippen MR) is 139 cm³/mol. The van der Waals surface area contributed by atoms with Gasteiger partial charge in [0, 0.05) is 34.0 Å². The molecule has 10 heteroatoms. The summed E-state index contributed by atoms with van der Waals surface area (Å²) >= 11 is 13.5. The number of benzene rings is 3. The molecule has 0 fully saturated rings. The molecule has 0 unspecified atom stereocenters. The van der Waals surface area contributed by atoms with Crippen molar-refractivity contribution in [3.8, 4) is 22.5 Å². The van der Waals surface area contributed by atoms with Gasteiger partial charge in [-0.1, -0.05) is 47.5 Å². The Labute approximate surface area is 213 Å². The summed E-state index contributed by atoms with van der Waals surface area (Å²) in [6, 6.07) is 20.3. The second-order valence-corrected chi connectivity index (χ2v) is 9.17. The van der Waals surface area contributed by atoms with Crippen molar-refractivity contribution >= 4 is 62.2 Å². The summed E-state index contributed by atoms with van der Waals surface area (Å²) in [5, 5.41) is 17.4. The van der Waals surface area contributed by atoms with Gasteiger partial charge in [0.05, 0.1) is 37.4 Å². The van der Waals surface area contributed by atoms with Crippen molar-refractivity contribution in [1.29, 1.82) is 0 Å². The summed E-state index contributed by atoms with van der Waals surface area (Å²) in [5.74, 6) is -0.338. The minimum absolute atomic E-state index is 0.000139. The number of pyridine rings is 1. The van der Waals surface area contributed by atoms with Crippen LogP contribution in [0.1, 0.15) is 10.4 Å². The Hall–Kier alpha value is -3.85. The lowest BCUT2D eigenvalue weighted by Crippen LogP contribution is -2.13. The van der Waals surface area contributed by atoms with Gasteiger partial charge in [-0.25, -0.2) is 9.97 Å². The Kier molecular flexibility index (Phi) is 6.17. The molecule has 0 atom stereocenters. The number of nitrogens with one attached hydrogen (secondary N) is 1. The Morgan fingerprint density at radius 1 is 0.886 bits per heavy atom. The van der Waals surface area contributed by atoms with Gasteiger partial charge in [-0.3, -0.25) is 20.2 Å². The van der Waals surface area contributed by atoms with Crippen molar-refractivity contribution in [3.05, 3.63) is 104 Å². The SMILES string of the molecule is O=C(Nc1nc(-c2ccc([N+](=O)[O-])cc2)cs1)c1cc(-c2ccc(Cl)c(Cl)c2)nc2ccccc12. The number of rotatable bonds is 5. The van der Waals surface area contributed by atoms with Gasteiger partial charge in [-0.15, -0.1) is 11.3 Å². The van der Waals surface area contributed by atoms with Gasteiger partial charge >= 0.3 is 0 Å². The van der Waals surface area contributed by atoms with Crippen LogP contribution in [-0.2, 0) is 0 Å². The Balaban J connectivity index is 1.47. The lowest BCUT2D eigenvalue weighted by molar-refractivity contribution is -0.384. The zero-order valence-electron chi connectivity index (χ0n) is 17.7. The first kappa shape index (κ1) is 22.9. The fourth-order valence-corrected chi connectivity index (χ4v) is 4.56. The number of thiazole rings is 1. The maximum Gasteiger partial charge on any atom is 0.269 e. The number of halogens is 2. The number of para-hydroxylation sites is 1. The molecule has 2 aromatic heterocycles. The smallest absolute Gasteiger partial charge is 0.269 e. The second kappa shape index (κ2) is 9.42. The van der Waals surface area contributed by atoms with Gasteiger partial charge in [-0.05, 0) is 36.4 Å². The van der Waals surface area contributed by atoms with Crippen molar-refractivity contribution in [2.24, 2.45) is 0 Å². The average molecular weight is 521 g/mol. The Morgan fingerprint density at radius 2 is 1.63 bits per heavy atom. The van der Waals surface area contributed by atoms with Crippen LogP contribution in [0, 0.1) is 10.1 Å². The standard InChI is InChI=1S/C25H14Cl2N4O3S/c26-19-10-7-15(11-20(19)27)22-12-18(17-3-1-2-4-21(17)28-22)24(32)30-25-29-23(13-35-25)14-5-8-16(9-6-14)31(33)34/h1-13H,(H,29,30,32). The highest BCUT2D eigenvalue weighted by molar-refractivity contribution is 7.14. The molecule has 0 aliphatic rings. The number of carbonyl (C=O) groups is 1. The third kappa shape index (κ3) is 4.72. The summed E-state index contributed by atoms with van der Waals surface area (Å²) < 4.78 is 0. The summed E-state index contributed by atoms with van der Waals surface area (Å²) in [5.41, 5.74) is 3.72. The quantitative estimate of drug-likeness (QED) is 0.191. The van der Waals surface area contributed by atoms with Crippen molar-refractivity contribution in [2.75, 3.05) is 5.32 Å². The molecule has 7 nitrogen and oxygen atoms in total. The van der Waals surface area contributed by atoms with Crippen LogP contribution in [0.2, 0.25) is 10.0 Å². The lowest BCUT2D eigenvalue weighted by Gasteiger charge is -2.10. The van der Waals surface area contributed by atoms with Gasteiger partial charge in [0.1, 0.15) is 0 Å². The molecule has 0 radical (unpaired) electrons. The molecule has 5 aromatic rings. The first-order valence-electron chi connectivity index (χ1n) is 10.3. The molecule has 0 bridgehead atoms. The molecule has 5 rings (SSSR count). The van der Waals surface area contributed by atoms with E-state index in [1.165, 1.54) is 23.5 Å². The Morgan fingerprint density at radius 3 is 2.37 bits per heavy atom. The lowest BCUT2D eigenvalue weighted by atomic mass is 10.0. The average Bonchev–Trinajstić information content (AvgIpc) is 3.33. The molecule has 0 saturated heterocycles. The van der Waals surface area contributed by atoms with E-state index in [9.17, 15) is 14.9 Å². The number of nitrogens with zero attached hydrogens (tertiary/aromatic N) is 3. The van der Waals surface area contributed by atoms with Crippen LogP contribution in [0.15, 0.2) is 78.2 Å². The molecule has 0 aliphatic carbocycles. The van der Waals surface area contributed by atoms with Gasteiger partial charge in [0.15, 0.2) is 5.13 Å². The third-order valence-electron chi connectivity index (χ3n) is 5.27. The van der Waals surface area contributed by atoms with Gasteiger partial charge in [0.25, 0.3) is 11.6 Å². The van der Waals surface area contributed by atoms with Crippen LogP contribution in [0.3, 0.4) is 0 Å². The molecular weight excluding hydrogens is 507 g/mol. The van der Waals surface area contributed by atoms with Crippen LogP contribution < -0.4 is 5.32 Å². The fraction of sp³-hybridized carbons (Fsp3) is 0. The fourth-order valence-electron chi connectivity index (χ4n) is 3.55. The molecule has 0 aliphatic heterocycles. The number of hydrogen-bond donors (Lipinski definition) is 1. The number of hydrogen-bond acceptors (Lipinski definition) is 6. The van der Waals surface area contributed by atoms with Crippen molar-refractivity contribution < 1.29 is 9.72 Å². The van der Waals surface area contributed by atoms with E-state index in [2.05, 4.69) is 15.3 Å². The number of nitro benzene ring substituents is 1. The number of non-ortho nitro benzene ring substituents is 1. The highest BCUT2D eigenvalue weighted by Crippen LogP contribution is 2.31. The van der Waals surface area contributed by atoms with Crippen molar-refractivity contribution in [3.63, 3.8) is 0 Å². The van der Waals surface area contributed by atoms with Crippen molar-refractivity contribution in [1.82, 2.24) is 9.97 Å². The maximum absolute atomic E-state index is 13.3. The zero-order valence-corrected chi connectivity index (χ0v) is 20.1. The molecule has 2 heterocycles. The van der Waals surface area contributed by atoms with E-state index >= 15 is 0 Å². The van der Waals surface area contributed by atoms with Gasteiger partial charge < -0.3 is 0 Å². The van der Waals surface area contributed by atoms with Crippen LogP contribution in [0.4, 0.5) is 10.8 Å². The zero-order chi connectivity index (χ0) is 24.5.